The molecule has 0 bridgehead atoms. The first-order chi connectivity index (χ1) is 10.2. The summed E-state index contributed by atoms with van der Waals surface area (Å²) in [5.74, 6) is 0. The molecule has 2 aromatic rings. The van der Waals surface area contributed by atoms with E-state index in [2.05, 4.69) is 78.3 Å². The molecule has 0 radical (unpaired) electrons. The zero-order valence-corrected chi connectivity index (χ0v) is 13.5. The van der Waals surface area contributed by atoms with Gasteiger partial charge in [0, 0.05) is 32.5 Å². The Morgan fingerprint density at radius 2 is 2.05 bits per heavy atom. The minimum Gasteiger partial charge on any atom is -0.378 e. The molecule has 0 fully saturated rings. The fraction of sp³-hybridized carbons (Fsp3) is 0.471. The van der Waals surface area contributed by atoms with Gasteiger partial charge in [-0.15, -0.1) is 0 Å². The largest absolute Gasteiger partial charge is 0.378 e. The van der Waals surface area contributed by atoms with E-state index in [1.54, 1.807) is 0 Å². The summed E-state index contributed by atoms with van der Waals surface area (Å²) < 4.78 is 2.11. The topological polar surface area (TPSA) is 33.1 Å². The van der Waals surface area contributed by atoms with Gasteiger partial charge in [-0.1, -0.05) is 26.0 Å². The van der Waals surface area contributed by atoms with Gasteiger partial charge in [0.1, 0.15) is 0 Å². The van der Waals surface area contributed by atoms with Gasteiger partial charge in [0.15, 0.2) is 0 Å². The van der Waals surface area contributed by atoms with Crippen LogP contribution in [0.5, 0.6) is 0 Å². The lowest BCUT2D eigenvalue weighted by molar-refractivity contribution is 0.520. The van der Waals surface area contributed by atoms with Crippen LogP contribution < -0.4 is 10.2 Å². The first kappa shape index (κ1) is 15.6. The van der Waals surface area contributed by atoms with Gasteiger partial charge in [-0.05, 0) is 36.7 Å². The maximum absolute atomic E-state index is 4.46. The number of nitrogens with one attached hydrogen (secondary N) is 1. The van der Waals surface area contributed by atoms with Crippen LogP contribution in [-0.2, 0) is 6.54 Å². The smallest absolute Gasteiger partial charge is 0.0748 e. The Hall–Kier alpha value is -1.81. The number of hydrogen-bond donors (Lipinski definition) is 1. The molecule has 1 aromatic carbocycles. The molecule has 0 aliphatic carbocycles. The lowest BCUT2D eigenvalue weighted by atomic mass is 10.0. The minimum atomic E-state index is 0.184. The van der Waals surface area contributed by atoms with E-state index in [-0.39, 0.29) is 6.04 Å². The van der Waals surface area contributed by atoms with Crippen LogP contribution in [0.3, 0.4) is 0 Å². The van der Waals surface area contributed by atoms with Crippen molar-refractivity contribution in [3.63, 3.8) is 0 Å². The summed E-state index contributed by atoms with van der Waals surface area (Å²) in [7, 11) is 4.14. The van der Waals surface area contributed by atoms with Crippen LogP contribution in [0.25, 0.3) is 0 Å². The van der Waals surface area contributed by atoms with Crippen LogP contribution >= 0.6 is 0 Å². The summed E-state index contributed by atoms with van der Waals surface area (Å²) in [5, 5.41) is 8.05. The molecule has 4 nitrogen and oxygen atoms in total. The predicted octanol–water partition coefficient (Wildman–Crippen LogP) is 3.06. The molecule has 21 heavy (non-hydrogen) atoms. The molecule has 1 unspecified atom stereocenters. The molecular weight excluding hydrogens is 260 g/mol. The Kier molecular flexibility index (Phi) is 5.39. The summed E-state index contributed by atoms with van der Waals surface area (Å²) >= 11 is 0. The number of aromatic nitrogens is 2. The highest BCUT2D eigenvalue weighted by atomic mass is 15.3. The molecule has 0 aliphatic heterocycles. The second-order valence-electron chi connectivity index (χ2n) is 5.46. The summed E-state index contributed by atoms with van der Waals surface area (Å²) in [4.78, 5) is 2.13. The summed E-state index contributed by atoms with van der Waals surface area (Å²) in [6, 6.07) is 11.0. The van der Waals surface area contributed by atoms with Crippen LogP contribution in [0, 0.1) is 0 Å². The van der Waals surface area contributed by atoms with Crippen LogP contribution in [-0.4, -0.2) is 30.4 Å². The zero-order valence-electron chi connectivity index (χ0n) is 13.5. The van der Waals surface area contributed by atoms with E-state index in [1.165, 1.54) is 16.9 Å². The average molecular weight is 286 g/mol. The molecule has 0 aliphatic rings. The molecule has 2 rings (SSSR count). The first-order valence-electron chi connectivity index (χ1n) is 7.69. The van der Waals surface area contributed by atoms with Crippen molar-refractivity contribution in [2.24, 2.45) is 0 Å². The molecule has 0 saturated heterocycles. The van der Waals surface area contributed by atoms with Crippen LogP contribution in [0.15, 0.2) is 36.5 Å². The van der Waals surface area contributed by atoms with Crippen molar-refractivity contribution in [1.82, 2.24) is 15.1 Å². The minimum absolute atomic E-state index is 0.184. The zero-order chi connectivity index (χ0) is 15.2. The number of rotatable bonds is 7. The van der Waals surface area contributed by atoms with E-state index >= 15 is 0 Å². The summed E-state index contributed by atoms with van der Waals surface area (Å²) in [6.45, 7) is 6.20. The van der Waals surface area contributed by atoms with Gasteiger partial charge < -0.3 is 10.2 Å². The molecule has 0 spiro atoms. The molecule has 1 atom stereocenters. The van der Waals surface area contributed by atoms with Crippen molar-refractivity contribution in [1.29, 1.82) is 0 Å². The molecule has 1 aromatic heterocycles. The highest BCUT2D eigenvalue weighted by Crippen LogP contribution is 2.25. The van der Waals surface area contributed by atoms with E-state index in [1.807, 2.05) is 6.20 Å². The summed E-state index contributed by atoms with van der Waals surface area (Å²) in [6.07, 6.45) is 2.98. The van der Waals surface area contributed by atoms with Crippen LogP contribution in [0.2, 0.25) is 0 Å². The molecule has 0 saturated carbocycles. The highest BCUT2D eigenvalue weighted by Gasteiger charge is 2.17. The van der Waals surface area contributed by atoms with E-state index in [4.69, 9.17) is 0 Å². The van der Waals surface area contributed by atoms with Gasteiger partial charge in [-0.2, -0.15) is 5.10 Å². The van der Waals surface area contributed by atoms with Crippen molar-refractivity contribution in [3.8, 4) is 0 Å². The van der Waals surface area contributed by atoms with E-state index in [0.717, 1.165) is 19.5 Å². The van der Waals surface area contributed by atoms with Crippen molar-refractivity contribution in [2.75, 3.05) is 25.5 Å². The Bertz CT molecular complexity index is 559. The second kappa shape index (κ2) is 7.27. The van der Waals surface area contributed by atoms with Crippen molar-refractivity contribution in [3.05, 3.63) is 47.8 Å². The normalized spacial score (nSPS) is 12.4. The van der Waals surface area contributed by atoms with E-state index < -0.39 is 0 Å². The van der Waals surface area contributed by atoms with Crippen molar-refractivity contribution >= 4 is 5.69 Å². The van der Waals surface area contributed by atoms with Gasteiger partial charge in [0.05, 0.1) is 11.7 Å². The first-order valence-corrected chi connectivity index (χ1v) is 7.69. The summed E-state index contributed by atoms with van der Waals surface area (Å²) in [5.41, 5.74) is 3.73. The number of anilines is 1. The maximum Gasteiger partial charge on any atom is 0.0748 e. The Morgan fingerprint density at radius 1 is 1.24 bits per heavy atom. The van der Waals surface area contributed by atoms with Crippen LogP contribution in [0.1, 0.15) is 37.6 Å². The van der Waals surface area contributed by atoms with Gasteiger partial charge in [0.25, 0.3) is 0 Å². The second-order valence-corrected chi connectivity index (χ2v) is 5.46. The predicted molar refractivity (Wildman–Crippen MR) is 88.8 cm³/mol. The van der Waals surface area contributed by atoms with Crippen LogP contribution in [0.4, 0.5) is 5.69 Å². The third-order valence-corrected chi connectivity index (χ3v) is 3.61. The fourth-order valence-corrected chi connectivity index (χ4v) is 2.57. The number of aryl methyl sites for hydroxylation is 1. The quantitative estimate of drug-likeness (QED) is 0.849. The maximum atomic E-state index is 4.46. The Balaban J connectivity index is 2.38. The molecule has 1 heterocycles. The number of benzene rings is 1. The van der Waals surface area contributed by atoms with Gasteiger partial charge in [0.2, 0.25) is 0 Å². The fourth-order valence-electron chi connectivity index (χ4n) is 2.57. The highest BCUT2D eigenvalue weighted by molar-refractivity contribution is 5.49. The molecule has 0 amide bonds. The molecule has 1 N–H and O–H groups in total. The monoisotopic (exact) mass is 286 g/mol. The van der Waals surface area contributed by atoms with Crippen molar-refractivity contribution in [2.45, 2.75) is 32.9 Å². The lowest BCUT2D eigenvalue weighted by Gasteiger charge is -2.22. The van der Waals surface area contributed by atoms with Gasteiger partial charge in [-0.3, -0.25) is 4.68 Å². The van der Waals surface area contributed by atoms with E-state index in [0.29, 0.717) is 0 Å². The molecule has 114 valence electrons. The Labute approximate surface area is 127 Å². The molecule has 4 heteroatoms. The third kappa shape index (κ3) is 3.64. The van der Waals surface area contributed by atoms with Gasteiger partial charge >= 0.3 is 0 Å². The third-order valence-electron chi connectivity index (χ3n) is 3.61. The standard InChI is InChI=1S/C17H26N4/c1-5-12-21-16(10-11-19-21)17(18-6-2)14-8-7-9-15(13-14)20(3)4/h7-11,13,17-18H,5-6,12H2,1-4H3. The number of hydrogen-bond acceptors (Lipinski definition) is 3. The SMILES string of the molecule is CCCn1nccc1C(NCC)c1cccc(N(C)C)c1. The van der Waals surface area contributed by atoms with Gasteiger partial charge in [-0.25, -0.2) is 0 Å². The van der Waals surface area contributed by atoms with E-state index in [9.17, 15) is 0 Å². The lowest BCUT2D eigenvalue weighted by Crippen LogP contribution is -2.25. The molecular formula is C17H26N4. The van der Waals surface area contributed by atoms with Crippen molar-refractivity contribution < 1.29 is 0 Å². The average Bonchev–Trinajstić information content (AvgIpc) is 2.93. The number of nitrogens with zero attached hydrogens (tertiary/aromatic N) is 3. The Morgan fingerprint density at radius 3 is 2.71 bits per heavy atom.